The van der Waals surface area contributed by atoms with Gasteiger partial charge in [0, 0.05) is 17.3 Å². The van der Waals surface area contributed by atoms with Gasteiger partial charge >= 0.3 is 5.97 Å². The lowest BCUT2D eigenvalue weighted by Crippen LogP contribution is -2.04. The van der Waals surface area contributed by atoms with Crippen molar-refractivity contribution < 1.29 is 19.0 Å². The van der Waals surface area contributed by atoms with Crippen LogP contribution >= 0.6 is 11.6 Å². The van der Waals surface area contributed by atoms with Gasteiger partial charge in [0.15, 0.2) is 17.3 Å². The SMILES string of the molecule is COc1c(Cl)ccc(-c2cccnc2C(=O)O)c1F. The fourth-order valence-electron chi connectivity index (χ4n) is 1.72. The van der Waals surface area contributed by atoms with Crippen molar-refractivity contribution in [2.45, 2.75) is 0 Å². The standard InChI is InChI=1S/C13H9ClFNO3/c1-19-12-9(14)5-4-7(10(12)15)8-3-2-6-16-11(8)13(17)18/h2-6H,1H3,(H,17,18). The molecule has 0 fully saturated rings. The van der Waals surface area contributed by atoms with Crippen molar-refractivity contribution >= 4 is 17.6 Å². The summed E-state index contributed by atoms with van der Waals surface area (Å²) < 4.78 is 19.1. The number of aromatic nitrogens is 1. The van der Waals surface area contributed by atoms with Gasteiger partial charge in [0.1, 0.15) is 0 Å². The first kappa shape index (κ1) is 13.3. The molecule has 0 saturated carbocycles. The molecule has 0 aliphatic carbocycles. The summed E-state index contributed by atoms with van der Waals surface area (Å²) in [6, 6.07) is 5.84. The van der Waals surface area contributed by atoms with Crippen LogP contribution in [0.2, 0.25) is 5.02 Å². The van der Waals surface area contributed by atoms with Crippen molar-refractivity contribution in [3.63, 3.8) is 0 Å². The summed E-state index contributed by atoms with van der Waals surface area (Å²) in [6.07, 6.45) is 1.33. The van der Waals surface area contributed by atoms with E-state index in [0.717, 1.165) is 0 Å². The second-order valence-corrected chi connectivity index (χ2v) is 4.05. The normalized spacial score (nSPS) is 10.3. The highest BCUT2D eigenvalue weighted by atomic mass is 35.5. The number of hydrogen-bond acceptors (Lipinski definition) is 3. The molecular weight excluding hydrogens is 273 g/mol. The van der Waals surface area contributed by atoms with Gasteiger partial charge in [-0.3, -0.25) is 0 Å². The van der Waals surface area contributed by atoms with E-state index < -0.39 is 11.8 Å². The van der Waals surface area contributed by atoms with Crippen LogP contribution in [-0.2, 0) is 0 Å². The molecule has 1 heterocycles. The number of hydrogen-bond donors (Lipinski definition) is 1. The fourth-order valence-corrected chi connectivity index (χ4v) is 1.94. The maximum atomic E-state index is 14.2. The lowest BCUT2D eigenvalue weighted by molar-refractivity contribution is 0.0691. The fraction of sp³-hybridized carbons (Fsp3) is 0.0769. The van der Waals surface area contributed by atoms with Crippen LogP contribution in [0.25, 0.3) is 11.1 Å². The summed E-state index contributed by atoms with van der Waals surface area (Å²) in [6.45, 7) is 0. The van der Waals surface area contributed by atoms with Gasteiger partial charge in [0.05, 0.1) is 12.1 Å². The molecule has 19 heavy (non-hydrogen) atoms. The van der Waals surface area contributed by atoms with Crippen molar-refractivity contribution in [2.24, 2.45) is 0 Å². The molecule has 2 aromatic rings. The topological polar surface area (TPSA) is 59.4 Å². The van der Waals surface area contributed by atoms with Gasteiger partial charge in [-0.25, -0.2) is 14.2 Å². The Morgan fingerprint density at radius 3 is 2.74 bits per heavy atom. The van der Waals surface area contributed by atoms with E-state index in [1.807, 2.05) is 0 Å². The van der Waals surface area contributed by atoms with Crippen LogP contribution in [0.15, 0.2) is 30.5 Å². The minimum absolute atomic E-state index is 0.0757. The Hall–Kier alpha value is -2.14. The first-order valence-electron chi connectivity index (χ1n) is 5.27. The van der Waals surface area contributed by atoms with Crippen LogP contribution in [0.5, 0.6) is 5.75 Å². The summed E-state index contributed by atoms with van der Waals surface area (Å²) in [4.78, 5) is 14.8. The molecule has 0 unspecified atom stereocenters. The zero-order valence-electron chi connectivity index (χ0n) is 9.85. The van der Waals surface area contributed by atoms with Crippen LogP contribution in [0.1, 0.15) is 10.5 Å². The predicted octanol–water partition coefficient (Wildman–Crippen LogP) is 3.25. The summed E-state index contributed by atoms with van der Waals surface area (Å²) in [5.74, 6) is -2.08. The lowest BCUT2D eigenvalue weighted by Gasteiger charge is -2.10. The molecule has 1 N–H and O–H groups in total. The van der Waals surface area contributed by atoms with Crippen LogP contribution in [0.4, 0.5) is 4.39 Å². The van der Waals surface area contributed by atoms with Crippen LogP contribution in [0, 0.1) is 5.82 Å². The molecular formula is C13H9ClFNO3. The molecule has 0 aliphatic rings. The zero-order chi connectivity index (χ0) is 14.0. The van der Waals surface area contributed by atoms with Crippen molar-refractivity contribution in [2.75, 3.05) is 7.11 Å². The average molecular weight is 282 g/mol. The van der Waals surface area contributed by atoms with Crippen molar-refractivity contribution in [3.8, 4) is 16.9 Å². The molecule has 0 radical (unpaired) electrons. The van der Waals surface area contributed by atoms with Gasteiger partial charge in [-0.05, 0) is 18.2 Å². The molecule has 0 atom stereocenters. The maximum Gasteiger partial charge on any atom is 0.355 e. The molecule has 2 rings (SSSR count). The van der Waals surface area contributed by atoms with Gasteiger partial charge in [-0.1, -0.05) is 17.7 Å². The van der Waals surface area contributed by atoms with E-state index in [1.165, 1.54) is 37.6 Å². The van der Waals surface area contributed by atoms with E-state index in [4.69, 9.17) is 21.4 Å². The zero-order valence-corrected chi connectivity index (χ0v) is 10.6. The third kappa shape index (κ3) is 2.37. The van der Waals surface area contributed by atoms with E-state index in [1.54, 1.807) is 0 Å². The summed E-state index contributed by atoms with van der Waals surface area (Å²) in [7, 11) is 1.29. The number of carboxylic acid groups (broad SMARTS) is 1. The summed E-state index contributed by atoms with van der Waals surface area (Å²) in [5.41, 5.74) is 0.0139. The molecule has 0 bridgehead atoms. The van der Waals surface area contributed by atoms with E-state index in [-0.39, 0.29) is 27.6 Å². The molecule has 4 nitrogen and oxygen atoms in total. The molecule has 0 aliphatic heterocycles. The van der Waals surface area contributed by atoms with Crippen molar-refractivity contribution in [1.82, 2.24) is 4.98 Å². The summed E-state index contributed by atoms with van der Waals surface area (Å²) in [5, 5.41) is 9.17. The Labute approximate surface area is 113 Å². The largest absolute Gasteiger partial charge is 0.492 e. The number of aromatic carboxylic acids is 1. The van der Waals surface area contributed by atoms with E-state index in [9.17, 15) is 9.18 Å². The van der Waals surface area contributed by atoms with Crippen molar-refractivity contribution in [1.29, 1.82) is 0 Å². The molecule has 0 amide bonds. The molecule has 1 aromatic carbocycles. The summed E-state index contributed by atoms with van der Waals surface area (Å²) >= 11 is 5.79. The number of methoxy groups -OCH3 is 1. The average Bonchev–Trinajstić information content (AvgIpc) is 2.39. The predicted molar refractivity (Wildman–Crippen MR) is 68.2 cm³/mol. The minimum Gasteiger partial charge on any atom is -0.492 e. The second-order valence-electron chi connectivity index (χ2n) is 3.65. The Balaban J connectivity index is 2.70. The molecule has 0 saturated heterocycles. The molecule has 98 valence electrons. The first-order valence-corrected chi connectivity index (χ1v) is 5.64. The van der Waals surface area contributed by atoms with E-state index in [0.29, 0.717) is 0 Å². The van der Waals surface area contributed by atoms with E-state index >= 15 is 0 Å². The molecule has 1 aromatic heterocycles. The van der Waals surface area contributed by atoms with Crippen molar-refractivity contribution in [3.05, 3.63) is 47.0 Å². The Kier molecular flexibility index (Phi) is 3.66. The number of ether oxygens (including phenoxy) is 1. The lowest BCUT2D eigenvalue weighted by atomic mass is 10.0. The van der Waals surface area contributed by atoms with Crippen LogP contribution in [0.3, 0.4) is 0 Å². The third-order valence-corrected chi connectivity index (χ3v) is 2.85. The molecule has 0 spiro atoms. The maximum absolute atomic E-state index is 14.2. The molecule has 6 heteroatoms. The number of halogens is 2. The van der Waals surface area contributed by atoms with Gasteiger partial charge in [0.25, 0.3) is 0 Å². The van der Waals surface area contributed by atoms with Gasteiger partial charge in [-0.15, -0.1) is 0 Å². The highest BCUT2D eigenvalue weighted by molar-refractivity contribution is 6.32. The Morgan fingerprint density at radius 1 is 1.37 bits per heavy atom. The van der Waals surface area contributed by atoms with Crippen LogP contribution in [-0.4, -0.2) is 23.2 Å². The number of carboxylic acids is 1. The second kappa shape index (κ2) is 5.24. The van der Waals surface area contributed by atoms with Crippen LogP contribution < -0.4 is 4.74 Å². The van der Waals surface area contributed by atoms with Gasteiger partial charge < -0.3 is 9.84 Å². The first-order chi connectivity index (χ1) is 9.06. The highest BCUT2D eigenvalue weighted by Gasteiger charge is 2.19. The quantitative estimate of drug-likeness (QED) is 0.938. The van der Waals surface area contributed by atoms with E-state index in [2.05, 4.69) is 4.98 Å². The number of rotatable bonds is 3. The monoisotopic (exact) mass is 281 g/mol. The van der Waals surface area contributed by atoms with Gasteiger partial charge in [-0.2, -0.15) is 0 Å². The number of nitrogens with zero attached hydrogens (tertiary/aromatic N) is 1. The smallest absolute Gasteiger partial charge is 0.355 e. The van der Waals surface area contributed by atoms with Gasteiger partial charge in [0.2, 0.25) is 0 Å². The number of carbonyl (C=O) groups is 1. The number of benzene rings is 1. The third-order valence-electron chi connectivity index (χ3n) is 2.55. The highest BCUT2D eigenvalue weighted by Crippen LogP contribution is 2.35. The minimum atomic E-state index is -1.23. The Morgan fingerprint density at radius 2 is 2.11 bits per heavy atom. The Bertz CT molecular complexity index is 646. The number of pyridine rings is 1.